The lowest BCUT2D eigenvalue weighted by Gasteiger charge is -1.90. The van der Waals surface area contributed by atoms with Crippen molar-refractivity contribution < 1.29 is 8.83 Å². The molecule has 14 heavy (non-hydrogen) atoms. The molecule has 4 nitrogen and oxygen atoms in total. The third-order valence-corrected chi connectivity index (χ3v) is 1.97. The van der Waals surface area contributed by atoms with Crippen molar-refractivity contribution in [2.45, 2.75) is 13.5 Å². The molecule has 0 aliphatic carbocycles. The van der Waals surface area contributed by atoms with Gasteiger partial charge in [-0.1, -0.05) is 0 Å². The van der Waals surface area contributed by atoms with Gasteiger partial charge in [-0.25, -0.2) is 4.98 Å². The quantitative estimate of drug-likeness (QED) is 0.807. The fraction of sp³-hybridized carbons (Fsp3) is 0.300. The predicted octanol–water partition coefficient (Wildman–Crippen LogP) is 1.96. The first-order chi connectivity index (χ1) is 6.81. The first kappa shape index (κ1) is 9.02. The van der Waals surface area contributed by atoms with E-state index in [0.717, 1.165) is 11.3 Å². The number of aryl methyl sites for hydroxylation is 1. The molecular weight excluding hydrogens is 180 g/mol. The molecule has 0 radical (unpaired) electrons. The molecule has 0 amide bonds. The van der Waals surface area contributed by atoms with Gasteiger partial charge in [0, 0.05) is 12.1 Å². The van der Waals surface area contributed by atoms with E-state index in [9.17, 15) is 0 Å². The highest BCUT2D eigenvalue weighted by Crippen LogP contribution is 2.23. The first-order valence-electron chi connectivity index (χ1n) is 4.44. The van der Waals surface area contributed by atoms with Gasteiger partial charge in [0.15, 0.2) is 5.76 Å². The summed E-state index contributed by atoms with van der Waals surface area (Å²) in [4.78, 5) is 4.28. The predicted molar refractivity (Wildman–Crippen MR) is 51.7 cm³/mol. The van der Waals surface area contributed by atoms with Crippen molar-refractivity contribution in [1.29, 1.82) is 0 Å². The number of nitrogens with zero attached hydrogens (tertiary/aromatic N) is 1. The molecule has 2 aromatic heterocycles. The van der Waals surface area contributed by atoms with E-state index in [1.807, 2.05) is 20.0 Å². The van der Waals surface area contributed by atoms with Crippen molar-refractivity contribution >= 4 is 0 Å². The Balaban J connectivity index is 2.29. The summed E-state index contributed by atoms with van der Waals surface area (Å²) in [6, 6.07) is 1.89. The standard InChI is InChI=1S/C10H12N2O2/c1-7-3-4-13-9(7)10-12-8(5-11-2)6-14-10/h3-4,6,11H,5H2,1-2H3. The van der Waals surface area contributed by atoms with Crippen LogP contribution in [0.1, 0.15) is 11.3 Å². The molecule has 0 saturated carbocycles. The molecule has 2 aromatic rings. The molecule has 2 heterocycles. The Labute approximate surface area is 81.9 Å². The maximum Gasteiger partial charge on any atom is 0.263 e. The van der Waals surface area contributed by atoms with Gasteiger partial charge in [0.05, 0.1) is 12.0 Å². The molecule has 1 N–H and O–H groups in total. The summed E-state index contributed by atoms with van der Waals surface area (Å²) in [6.07, 6.45) is 3.26. The average molecular weight is 192 g/mol. The molecule has 0 aliphatic rings. The second-order valence-electron chi connectivity index (χ2n) is 3.11. The molecule has 0 saturated heterocycles. The van der Waals surface area contributed by atoms with Gasteiger partial charge in [0.25, 0.3) is 5.89 Å². The smallest absolute Gasteiger partial charge is 0.263 e. The van der Waals surface area contributed by atoms with E-state index in [2.05, 4.69) is 10.3 Å². The lowest BCUT2D eigenvalue weighted by atomic mass is 10.3. The van der Waals surface area contributed by atoms with Crippen LogP contribution in [-0.2, 0) is 6.54 Å². The van der Waals surface area contributed by atoms with Crippen molar-refractivity contribution in [1.82, 2.24) is 10.3 Å². The highest BCUT2D eigenvalue weighted by Gasteiger charge is 2.11. The molecule has 4 heteroatoms. The maximum absolute atomic E-state index is 5.30. The number of aromatic nitrogens is 1. The van der Waals surface area contributed by atoms with E-state index in [-0.39, 0.29) is 0 Å². The molecule has 0 unspecified atom stereocenters. The van der Waals surface area contributed by atoms with E-state index in [0.29, 0.717) is 18.2 Å². The average Bonchev–Trinajstić information content (AvgIpc) is 2.74. The Kier molecular flexibility index (Phi) is 2.37. The maximum atomic E-state index is 5.30. The summed E-state index contributed by atoms with van der Waals surface area (Å²) in [5.74, 6) is 1.24. The molecule has 0 bridgehead atoms. The Morgan fingerprint density at radius 2 is 2.29 bits per heavy atom. The molecule has 0 spiro atoms. The van der Waals surface area contributed by atoms with Crippen molar-refractivity contribution in [2.75, 3.05) is 7.05 Å². The van der Waals surface area contributed by atoms with Crippen LogP contribution in [0.3, 0.4) is 0 Å². The number of furan rings is 1. The molecule has 0 aromatic carbocycles. The van der Waals surface area contributed by atoms with E-state index in [4.69, 9.17) is 8.83 Å². The number of hydrogen-bond acceptors (Lipinski definition) is 4. The molecule has 2 rings (SSSR count). The van der Waals surface area contributed by atoms with Gasteiger partial charge in [-0.05, 0) is 20.0 Å². The van der Waals surface area contributed by atoms with Crippen molar-refractivity contribution in [3.63, 3.8) is 0 Å². The Bertz CT molecular complexity index is 417. The van der Waals surface area contributed by atoms with Gasteiger partial charge < -0.3 is 14.2 Å². The van der Waals surface area contributed by atoms with E-state index >= 15 is 0 Å². The van der Waals surface area contributed by atoms with E-state index in [1.54, 1.807) is 12.5 Å². The van der Waals surface area contributed by atoms with Crippen molar-refractivity contribution in [3.8, 4) is 11.7 Å². The molecular formula is C10H12N2O2. The zero-order chi connectivity index (χ0) is 9.97. The van der Waals surface area contributed by atoms with Gasteiger partial charge in [0.2, 0.25) is 0 Å². The minimum absolute atomic E-state index is 0.540. The highest BCUT2D eigenvalue weighted by molar-refractivity contribution is 5.50. The summed E-state index contributed by atoms with van der Waals surface area (Å²) in [5.41, 5.74) is 1.90. The monoisotopic (exact) mass is 192 g/mol. The third-order valence-electron chi connectivity index (χ3n) is 1.97. The van der Waals surface area contributed by atoms with Crippen LogP contribution in [0.2, 0.25) is 0 Å². The molecule has 74 valence electrons. The minimum atomic E-state index is 0.540. The van der Waals surface area contributed by atoms with Crippen LogP contribution >= 0.6 is 0 Å². The van der Waals surface area contributed by atoms with E-state index in [1.165, 1.54) is 0 Å². The lowest BCUT2D eigenvalue weighted by Crippen LogP contribution is -2.04. The van der Waals surface area contributed by atoms with Crippen molar-refractivity contribution in [3.05, 3.63) is 29.9 Å². The fourth-order valence-corrected chi connectivity index (χ4v) is 1.27. The SMILES string of the molecule is CNCc1coc(-c2occc2C)n1. The summed E-state index contributed by atoms with van der Waals surface area (Å²) >= 11 is 0. The third kappa shape index (κ3) is 1.56. The van der Waals surface area contributed by atoms with Gasteiger partial charge in [-0.15, -0.1) is 0 Å². The summed E-state index contributed by atoms with van der Waals surface area (Å²) in [7, 11) is 1.87. The number of oxazole rings is 1. The normalized spacial score (nSPS) is 10.7. The van der Waals surface area contributed by atoms with Crippen LogP contribution in [-0.4, -0.2) is 12.0 Å². The fourth-order valence-electron chi connectivity index (χ4n) is 1.27. The van der Waals surface area contributed by atoms with Gasteiger partial charge in [-0.2, -0.15) is 0 Å². The summed E-state index contributed by atoms with van der Waals surface area (Å²) < 4.78 is 10.6. The van der Waals surface area contributed by atoms with Crippen LogP contribution in [0, 0.1) is 6.92 Å². The zero-order valence-corrected chi connectivity index (χ0v) is 8.20. The topological polar surface area (TPSA) is 51.2 Å². The summed E-state index contributed by atoms with van der Waals surface area (Å²) in [6.45, 7) is 2.66. The van der Waals surface area contributed by atoms with Crippen LogP contribution in [0.25, 0.3) is 11.7 Å². The second-order valence-corrected chi connectivity index (χ2v) is 3.11. The number of hydrogen-bond donors (Lipinski definition) is 1. The van der Waals surface area contributed by atoms with Gasteiger partial charge >= 0.3 is 0 Å². The van der Waals surface area contributed by atoms with Crippen LogP contribution in [0.15, 0.2) is 27.4 Å². The Hall–Kier alpha value is -1.55. The first-order valence-corrected chi connectivity index (χ1v) is 4.44. The second kappa shape index (κ2) is 3.67. The molecule has 0 fully saturated rings. The zero-order valence-electron chi connectivity index (χ0n) is 8.20. The number of nitrogens with one attached hydrogen (secondary N) is 1. The molecule has 0 atom stereocenters. The van der Waals surface area contributed by atoms with Crippen LogP contribution < -0.4 is 5.32 Å². The number of rotatable bonds is 3. The van der Waals surface area contributed by atoms with Crippen LogP contribution in [0.5, 0.6) is 0 Å². The molecule has 0 aliphatic heterocycles. The minimum Gasteiger partial charge on any atom is -0.459 e. The Morgan fingerprint density at radius 1 is 1.43 bits per heavy atom. The van der Waals surface area contributed by atoms with Gasteiger partial charge in [0.1, 0.15) is 6.26 Å². The Morgan fingerprint density at radius 3 is 2.93 bits per heavy atom. The summed E-state index contributed by atoms with van der Waals surface area (Å²) in [5, 5.41) is 3.00. The lowest BCUT2D eigenvalue weighted by molar-refractivity contribution is 0.515. The van der Waals surface area contributed by atoms with Gasteiger partial charge in [-0.3, -0.25) is 0 Å². The largest absolute Gasteiger partial charge is 0.459 e. The van der Waals surface area contributed by atoms with Crippen molar-refractivity contribution in [2.24, 2.45) is 0 Å². The van der Waals surface area contributed by atoms with E-state index < -0.39 is 0 Å². The highest BCUT2D eigenvalue weighted by atomic mass is 16.4. The van der Waals surface area contributed by atoms with Crippen LogP contribution in [0.4, 0.5) is 0 Å².